The summed E-state index contributed by atoms with van der Waals surface area (Å²) in [5.41, 5.74) is 8.20. The predicted octanol–water partition coefficient (Wildman–Crippen LogP) is 2.52. The second kappa shape index (κ2) is 7.40. The van der Waals surface area contributed by atoms with Gasteiger partial charge in [0.25, 0.3) is 0 Å². The van der Waals surface area contributed by atoms with E-state index in [4.69, 9.17) is 15.7 Å². The number of nitrogens with two attached hydrogens (primary N) is 1. The number of nitriles is 1. The number of aromatic nitrogens is 2. The molecule has 0 fully saturated rings. The van der Waals surface area contributed by atoms with Gasteiger partial charge in [-0.2, -0.15) is 5.26 Å². The van der Waals surface area contributed by atoms with Gasteiger partial charge in [-0.3, -0.25) is 4.79 Å². The minimum Gasteiger partial charge on any atom is -0.496 e. The van der Waals surface area contributed by atoms with Crippen molar-refractivity contribution in [2.75, 3.05) is 18.2 Å². The average molecular weight is 347 g/mol. The number of hydrogen-bond donors (Lipinski definition) is 2. The number of para-hydroxylation sites is 1. The molecule has 0 unspecified atom stereocenters. The molecule has 130 valence electrons. The lowest BCUT2D eigenvalue weighted by atomic mass is 10.1. The van der Waals surface area contributed by atoms with Gasteiger partial charge in [0.05, 0.1) is 25.4 Å². The number of nitrogens with zero attached hydrogens (tertiary/aromatic N) is 3. The zero-order valence-electron chi connectivity index (χ0n) is 14.1. The fourth-order valence-corrected chi connectivity index (χ4v) is 2.53. The highest BCUT2D eigenvalue weighted by molar-refractivity contribution is 5.92. The Bertz CT molecular complexity index is 970. The summed E-state index contributed by atoms with van der Waals surface area (Å²) in [5.74, 6) is 0.724. The van der Waals surface area contributed by atoms with Crippen LogP contribution in [0.25, 0.3) is 5.69 Å². The first-order valence-corrected chi connectivity index (χ1v) is 7.88. The third-order valence-electron chi connectivity index (χ3n) is 3.82. The average Bonchev–Trinajstić information content (AvgIpc) is 3.03. The summed E-state index contributed by atoms with van der Waals surface area (Å²) in [4.78, 5) is 12.3. The Morgan fingerprint density at radius 1 is 1.27 bits per heavy atom. The third-order valence-corrected chi connectivity index (χ3v) is 3.82. The molecule has 2 aromatic carbocycles. The van der Waals surface area contributed by atoms with Crippen LogP contribution in [0.5, 0.6) is 5.75 Å². The summed E-state index contributed by atoms with van der Waals surface area (Å²) < 4.78 is 6.78. The molecule has 7 nitrogen and oxygen atoms in total. The summed E-state index contributed by atoms with van der Waals surface area (Å²) >= 11 is 0. The molecule has 0 aliphatic rings. The molecule has 0 saturated heterocycles. The maximum Gasteiger partial charge on any atom is 0.228 e. The maximum absolute atomic E-state index is 12.3. The summed E-state index contributed by atoms with van der Waals surface area (Å²) in [6.07, 6.45) is 1.78. The largest absolute Gasteiger partial charge is 0.496 e. The van der Waals surface area contributed by atoms with Crippen molar-refractivity contribution in [3.05, 3.63) is 65.9 Å². The summed E-state index contributed by atoms with van der Waals surface area (Å²) in [5, 5.41) is 15.9. The highest BCUT2D eigenvalue weighted by Gasteiger charge is 2.09. The number of amides is 1. The van der Waals surface area contributed by atoms with Crippen LogP contribution in [-0.2, 0) is 11.2 Å². The Labute approximate surface area is 150 Å². The van der Waals surface area contributed by atoms with Gasteiger partial charge in [0, 0.05) is 11.3 Å². The Morgan fingerprint density at radius 2 is 2.00 bits per heavy atom. The minimum atomic E-state index is -0.141. The number of carbonyl (C=O) groups excluding carboxylic acids is 1. The molecule has 1 heterocycles. The lowest BCUT2D eigenvalue weighted by Crippen LogP contribution is -2.14. The number of methoxy groups -OCH3 is 1. The van der Waals surface area contributed by atoms with Gasteiger partial charge in [0.15, 0.2) is 5.82 Å². The van der Waals surface area contributed by atoms with E-state index >= 15 is 0 Å². The molecule has 1 aromatic heterocycles. The number of benzene rings is 2. The van der Waals surface area contributed by atoms with Gasteiger partial charge >= 0.3 is 0 Å². The van der Waals surface area contributed by atoms with Crippen molar-refractivity contribution in [2.24, 2.45) is 0 Å². The van der Waals surface area contributed by atoms with Crippen molar-refractivity contribution in [3.63, 3.8) is 0 Å². The Balaban J connectivity index is 1.69. The molecule has 0 radical (unpaired) electrons. The molecule has 0 bridgehead atoms. The van der Waals surface area contributed by atoms with Gasteiger partial charge in [-0.05, 0) is 30.3 Å². The van der Waals surface area contributed by atoms with Crippen LogP contribution >= 0.6 is 0 Å². The highest BCUT2D eigenvalue weighted by Crippen LogP contribution is 2.19. The van der Waals surface area contributed by atoms with Crippen molar-refractivity contribution in [1.82, 2.24) is 9.78 Å². The molecule has 3 aromatic rings. The van der Waals surface area contributed by atoms with E-state index in [-0.39, 0.29) is 18.1 Å². The monoisotopic (exact) mass is 347 g/mol. The van der Waals surface area contributed by atoms with Crippen molar-refractivity contribution in [3.8, 4) is 17.5 Å². The second-order valence-corrected chi connectivity index (χ2v) is 5.57. The molecule has 0 saturated carbocycles. The van der Waals surface area contributed by atoms with Crippen LogP contribution in [0.15, 0.2) is 54.7 Å². The number of nitrogen functional groups attached to an aromatic ring is 1. The molecule has 3 rings (SSSR count). The van der Waals surface area contributed by atoms with E-state index in [9.17, 15) is 4.79 Å². The van der Waals surface area contributed by atoms with Gasteiger partial charge in [0.2, 0.25) is 5.91 Å². The summed E-state index contributed by atoms with van der Waals surface area (Å²) in [7, 11) is 1.58. The smallest absolute Gasteiger partial charge is 0.228 e. The SMILES string of the molecule is COc1ccccc1CC(=O)Nc1ccc(-n2cc(C#N)c(N)n2)cc1. The van der Waals surface area contributed by atoms with Crippen molar-refractivity contribution in [2.45, 2.75) is 6.42 Å². The first-order chi connectivity index (χ1) is 12.6. The standard InChI is InChI=1S/C19H17N5O2/c1-26-17-5-3-2-4-13(17)10-18(25)22-15-6-8-16(9-7-15)24-12-14(11-20)19(21)23-24/h2-9,12H,10H2,1H3,(H2,21,23)(H,22,25). The highest BCUT2D eigenvalue weighted by atomic mass is 16.5. The predicted molar refractivity (Wildman–Crippen MR) is 98.0 cm³/mol. The Morgan fingerprint density at radius 3 is 2.65 bits per heavy atom. The van der Waals surface area contributed by atoms with Crippen molar-refractivity contribution in [1.29, 1.82) is 5.26 Å². The van der Waals surface area contributed by atoms with Gasteiger partial charge < -0.3 is 15.8 Å². The van der Waals surface area contributed by atoms with E-state index in [1.165, 1.54) is 4.68 Å². The summed E-state index contributed by atoms with van der Waals surface area (Å²) in [6, 6.07) is 16.5. The van der Waals surface area contributed by atoms with Crippen LogP contribution in [0.4, 0.5) is 11.5 Å². The van der Waals surface area contributed by atoms with Crippen molar-refractivity contribution >= 4 is 17.4 Å². The van der Waals surface area contributed by atoms with Crippen LogP contribution in [-0.4, -0.2) is 22.8 Å². The van der Waals surface area contributed by atoms with E-state index in [2.05, 4.69) is 10.4 Å². The van der Waals surface area contributed by atoms with Gasteiger partial charge in [-0.25, -0.2) is 4.68 Å². The first kappa shape index (κ1) is 17.0. The van der Waals surface area contributed by atoms with Crippen LogP contribution in [0, 0.1) is 11.3 Å². The molecule has 3 N–H and O–H groups in total. The molecule has 0 atom stereocenters. The van der Waals surface area contributed by atoms with Crippen molar-refractivity contribution < 1.29 is 9.53 Å². The van der Waals surface area contributed by atoms with Gasteiger partial charge in [-0.15, -0.1) is 5.10 Å². The molecule has 1 amide bonds. The fraction of sp³-hybridized carbons (Fsp3) is 0.105. The number of rotatable bonds is 5. The summed E-state index contributed by atoms with van der Waals surface area (Å²) in [6.45, 7) is 0. The number of hydrogen-bond acceptors (Lipinski definition) is 5. The van der Waals surface area contributed by atoms with Gasteiger partial charge in [0.1, 0.15) is 17.4 Å². The second-order valence-electron chi connectivity index (χ2n) is 5.57. The quantitative estimate of drug-likeness (QED) is 0.737. The Kier molecular flexibility index (Phi) is 4.85. The Hall–Kier alpha value is -3.79. The van der Waals surface area contributed by atoms with Crippen LogP contribution in [0.1, 0.15) is 11.1 Å². The maximum atomic E-state index is 12.3. The number of nitrogens with one attached hydrogen (secondary N) is 1. The van der Waals surface area contributed by atoms with E-state index in [0.717, 1.165) is 11.3 Å². The molecule has 7 heteroatoms. The zero-order chi connectivity index (χ0) is 18.5. The third kappa shape index (κ3) is 3.65. The van der Waals surface area contributed by atoms with Crippen LogP contribution in [0.2, 0.25) is 0 Å². The van der Waals surface area contributed by atoms with E-state index in [1.807, 2.05) is 30.3 Å². The molecule has 0 aliphatic carbocycles. The molecular formula is C19H17N5O2. The van der Waals surface area contributed by atoms with Gasteiger partial charge in [-0.1, -0.05) is 18.2 Å². The van der Waals surface area contributed by atoms with Crippen LogP contribution < -0.4 is 15.8 Å². The molecule has 0 aliphatic heterocycles. The zero-order valence-corrected chi connectivity index (χ0v) is 14.1. The topological polar surface area (TPSA) is 106 Å². The number of anilines is 2. The molecule has 0 spiro atoms. The van der Waals surface area contributed by atoms with E-state index < -0.39 is 0 Å². The fourth-order valence-electron chi connectivity index (χ4n) is 2.53. The van der Waals surface area contributed by atoms with E-state index in [1.54, 1.807) is 37.6 Å². The van der Waals surface area contributed by atoms with Crippen LogP contribution in [0.3, 0.4) is 0 Å². The molecule has 26 heavy (non-hydrogen) atoms. The minimum absolute atomic E-state index is 0.141. The first-order valence-electron chi connectivity index (χ1n) is 7.88. The number of carbonyl (C=O) groups is 1. The molecular weight excluding hydrogens is 330 g/mol. The normalized spacial score (nSPS) is 10.2. The number of ether oxygens (including phenoxy) is 1. The van der Waals surface area contributed by atoms with E-state index in [0.29, 0.717) is 17.0 Å². The lowest BCUT2D eigenvalue weighted by molar-refractivity contribution is -0.115. The lowest BCUT2D eigenvalue weighted by Gasteiger charge is -2.09.